The van der Waals surface area contributed by atoms with E-state index in [1.165, 1.54) is 14.7 Å². The fourth-order valence-corrected chi connectivity index (χ4v) is 4.40. The first kappa shape index (κ1) is 21.0. The van der Waals surface area contributed by atoms with Crippen LogP contribution in [0.15, 0.2) is 58.1 Å². The first-order valence-corrected chi connectivity index (χ1v) is 11.0. The molecule has 7 heteroatoms. The molecule has 0 N–H and O–H groups in total. The molecule has 3 aromatic heterocycles. The van der Waals surface area contributed by atoms with E-state index in [4.69, 9.17) is 4.98 Å². The van der Waals surface area contributed by atoms with E-state index in [0.717, 1.165) is 28.1 Å². The average molecular weight is 442 g/mol. The first-order valence-electron chi connectivity index (χ1n) is 11.0. The lowest BCUT2D eigenvalue weighted by molar-refractivity contribution is 0.656. The Morgan fingerprint density at radius 2 is 1.24 bits per heavy atom. The number of fused-ring (bicyclic) bond motifs is 3. The minimum absolute atomic E-state index is 0.219. The van der Waals surface area contributed by atoms with Gasteiger partial charge < -0.3 is 4.57 Å². The van der Waals surface area contributed by atoms with Crippen LogP contribution in [0.1, 0.15) is 33.6 Å². The maximum atomic E-state index is 13.6. The zero-order chi connectivity index (χ0) is 23.4. The fourth-order valence-electron chi connectivity index (χ4n) is 4.40. The summed E-state index contributed by atoms with van der Waals surface area (Å²) in [5, 5.41) is 0. The Hall–Kier alpha value is -3.87. The average Bonchev–Trinajstić information content (AvgIpc) is 3.30. The summed E-state index contributed by atoms with van der Waals surface area (Å²) in [6.45, 7) is 8.96. The van der Waals surface area contributed by atoms with E-state index in [1.54, 1.807) is 7.05 Å². The van der Waals surface area contributed by atoms with Gasteiger partial charge in [-0.15, -0.1) is 0 Å². The van der Waals surface area contributed by atoms with Crippen molar-refractivity contribution in [3.63, 3.8) is 0 Å². The summed E-state index contributed by atoms with van der Waals surface area (Å²) >= 11 is 0. The summed E-state index contributed by atoms with van der Waals surface area (Å²) in [5.41, 5.74) is 6.53. The number of hydrogen-bond acceptors (Lipinski definition) is 3. The number of aryl methyl sites for hydroxylation is 4. The molecule has 5 aromatic rings. The van der Waals surface area contributed by atoms with Crippen LogP contribution in [0, 0.1) is 27.7 Å². The van der Waals surface area contributed by atoms with Gasteiger partial charge in [-0.2, -0.15) is 4.98 Å². The standard InChI is InChI=1S/C26H27N5O2/c1-16-6-10-20(11-7-16)14-29-18(3)19(4)31-22-23(27-25(29)31)28(5)26(33)30(24(22)32)15-21-12-8-17(2)9-13-21/h6-13H,14-15H2,1-5H3. The Labute approximate surface area is 191 Å². The molecular formula is C26H27N5O2. The number of aromatic nitrogens is 5. The molecule has 3 heterocycles. The Morgan fingerprint density at radius 3 is 1.79 bits per heavy atom. The first-order chi connectivity index (χ1) is 15.8. The molecule has 0 aliphatic heterocycles. The lowest BCUT2D eigenvalue weighted by Gasteiger charge is -2.09. The van der Waals surface area contributed by atoms with Gasteiger partial charge >= 0.3 is 5.69 Å². The van der Waals surface area contributed by atoms with E-state index in [2.05, 4.69) is 35.8 Å². The van der Waals surface area contributed by atoms with Gasteiger partial charge in [-0.25, -0.2) is 4.79 Å². The fraction of sp³-hybridized carbons (Fsp3) is 0.269. The number of rotatable bonds is 4. The summed E-state index contributed by atoms with van der Waals surface area (Å²) in [6, 6.07) is 16.3. The molecule has 0 bridgehead atoms. The molecule has 0 saturated carbocycles. The molecule has 0 fully saturated rings. The highest BCUT2D eigenvalue weighted by Crippen LogP contribution is 2.22. The van der Waals surface area contributed by atoms with Gasteiger partial charge in [-0.3, -0.25) is 18.3 Å². The van der Waals surface area contributed by atoms with Crippen LogP contribution in [0.2, 0.25) is 0 Å². The van der Waals surface area contributed by atoms with Crippen LogP contribution in [0.5, 0.6) is 0 Å². The Kier molecular flexibility index (Phi) is 4.85. The molecule has 7 nitrogen and oxygen atoms in total. The van der Waals surface area contributed by atoms with Crippen molar-refractivity contribution in [3.8, 4) is 0 Å². The van der Waals surface area contributed by atoms with Gasteiger partial charge in [0.15, 0.2) is 11.2 Å². The van der Waals surface area contributed by atoms with Crippen molar-refractivity contribution in [2.45, 2.75) is 40.8 Å². The molecular weight excluding hydrogens is 414 g/mol. The van der Waals surface area contributed by atoms with Crippen LogP contribution >= 0.6 is 0 Å². The third-order valence-corrected chi connectivity index (χ3v) is 6.55. The van der Waals surface area contributed by atoms with Crippen molar-refractivity contribution in [3.05, 3.63) is 103 Å². The summed E-state index contributed by atoms with van der Waals surface area (Å²) in [6.07, 6.45) is 0. The van der Waals surface area contributed by atoms with Crippen LogP contribution in [-0.4, -0.2) is 23.1 Å². The Morgan fingerprint density at radius 1 is 0.727 bits per heavy atom. The highest BCUT2D eigenvalue weighted by molar-refractivity contribution is 5.76. The summed E-state index contributed by atoms with van der Waals surface area (Å²) in [4.78, 5) is 31.5. The second kappa shape index (κ2) is 7.62. The van der Waals surface area contributed by atoms with Gasteiger partial charge in [-0.05, 0) is 38.8 Å². The number of hydrogen-bond donors (Lipinski definition) is 0. The molecule has 0 saturated heterocycles. The molecule has 0 unspecified atom stereocenters. The van der Waals surface area contributed by atoms with Crippen molar-refractivity contribution >= 4 is 16.9 Å². The maximum Gasteiger partial charge on any atom is 0.332 e. The van der Waals surface area contributed by atoms with Crippen LogP contribution < -0.4 is 11.2 Å². The molecule has 0 aliphatic rings. The van der Waals surface area contributed by atoms with Crippen molar-refractivity contribution < 1.29 is 0 Å². The molecule has 5 rings (SSSR count). The van der Waals surface area contributed by atoms with Crippen LogP contribution in [-0.2, 0) is 20.1 Å². The molecule has 0 aliphatic carbocycles. The smallest absolute Gasteiger partial charge is 0.309 e. The van der Waals surface area contributed by atoms with Crippen molar-refractivity contribution in [2.24, 2.45) is 7.05 Å². The third kappa shape index (κ3) is 3.31. The summed E-state index contributed by atoms with van der Waals surface area (Å²) in [5.74, 6) is 0.667. The van der Waals surface area contributed by atoms with Crippen LogP contribution in [0.3, 0.4) is 0 Å². The zero-order valence-corrected chi connectivity index (χ0v) is 19.6. The number of nitrogens with zero attached hydrogens (tertiary/aromatic N) is 5. The monoisotopic (exact) mass is 441 g/mol. The number of benzene rings is 2. The van der Waals surface area contributed by atoms with Gasteiger partial charge in [0.2, 0.25) is 5.78 Å². The molecule has 33 heavy (non-hydrogen) atoms. The van der Waals surface area contributed by atoms with Crippen molar-refractivity contribution in [1.29, 1.82) is 0 Å². The Balaban J connectivity index is 1.73. The highest BCUT2D eigenvalue weighted by atomic mass is 16.2. The second-order valence-corrected chi connectivity index (χ2v) is 8.88. The quantitative estimate of drug-likeness (QED) is 0.429. The van der Waals surface area contributed by atoms with E-state index in [0.29, 0.717) is 23.5 Å². The molecule has 0 amide bonds. The van der Waals surface area contributed by atoms with Crippen molar-refractivity contribution in [1.82, 2.24) is 23.1 Å². The van der Waals surface area contributed by atoms with E-state index >= 15 is 0 Å². The summed E-state index contributed by atoms with van der Waals surface area (Å²) in [7, 11) is 1.68. The van der Waals surface area contributed by atoms with Gasteiger partial charge in [-0.1, -0.05) is 59.7 Å². The lowest BCUT2D eigenvalue weighted by Crippen LogP contribution is -2.39. The molecule has 0 radical (unpaired) electrons. The van der Waals surface area contributed by atoms with Crippen LogP contribution in [0.4, 0.5) is 0 Å². The number of imidazole rings is 2. The highest BCUT2D eigenvalue weighted by Gasteiger charge is 2.22. The second-order valence-electron chi connectivity index (χ2n) is 8.88. The lowest BCUT2D eigenvalue weighted by atomic mass is 10.1. The normalized spacial score (nSPS) is 11.7. The molecule has 2 aromatic carbocycles. The maximum absolute atomic E-state index is 13.6. The third-order valence-electron chi connectivity index (χ3n) is 6.55. The van der Waals surface area contributed by atoms with E-state index in [-0.39, 0.29) is 17.8 Å². The largest absolute Gasteiger partial charge is 0.332 e. The SMILES string of the molecule is Cc1ccc(Cn2c(=O)c3c(nc4n(Cc5ccc(C)cc5)c(C)c(C)n34)n(C)c2=O)cc1. The van der Waals surface area contributed by atoms with E-state index in [9.17, 15) is 9.59 Å². The van der Waals surface area contributed by atoms with Gasteiger partial charge in [0.1, 0.15) is 0 Å². The predicted octanol–water partition coefficient (Wildman–Crippen LogP) is 3.48. The van der Waals surface area contributed by atoms with Gasteiger partial charge in [0.05, 0.1) is 13.1 Å². The van der Waals surface area contributed by atoms with Crippen LogP contribution in [0.25, 0.3) is 16.9 Å². The molecule has 168 valence electrons. The minimum atomic E-state index is -0.367. The van der Waals surface area contributed by atoms with E-state index < -0.39 is 0 Å². The molecule has 0 spiro atoms. The Bertz CT molecular complexity index is 1630. The minimum Gasteiger partial charge on any atom is -0.309 e. The predicted molar refractivity (Wildman–Crippen MR) is 130 cm³/mol. The van der Waals surface area contributed by atoms with Gasteiger partial charge in [0, 0.05) is 18.4 Å². The molecule has 0 atom stereocenters. The van der Waals surface area contributed by atoms with Crippen molar-refractivity contribution in [2.75, 3.05) is 0 Å². The summed E-state index contributed by atoms with van der Waals surface area (Å²) < 4.78 is 6.77. The van der Waals surface area contributed by atoms with Gasteiger partial charge in [0.25, 0.3) is 5.56 Å². The zero-order valence-electron chi connectivity index (χ0n) is 19.6. The van der Waals surface area contributed by atoms with E-state index in [1.807, 2.05) is 49.4 Å². The topological polar surface area (TPSA) is 66.2 Å².